The molecule has 3 aromatic rings. The van der Waals surface area contributed by atoms with Crippen LogP contribution < -0.4 is 9.47 Å². The van der Waals surface area contributed by atoms with E-state index in [-0.39, 0.29) is 5.78 Å². The summed E-state index contributed by atoms with van der Waals surface area (Å²) in [5.41, 5.74) is 2.93. The molecule has 0 aliphatic heterocycles. The van der Waals surface area contributed by atoms with Crippen LogP contribution in [0, 0.1) is 0 Å². The van der Waals surface area contributed by atoms with Crippen molar-refractivity contribution in [2.24, 2.45) is 0 Å². The van der Waals surface area contributed by atoms with Crippen molar-refractivity contribution in [3.63, 3.8) is 0 Å². The van der Waals surface area contributed by atoms with Crippen LogP contribution in [0.4, 0.5) is 0 Å². The molecule has 0 unspecified atom stereocenters. The zero-order chi connectivity index (χ0) is 19.6. The fourth-order valence-corrected chi connectivity index (χ4v) is 2.69. The average molecular weight is 372 g/mol. The van der Waals surface area contributed by atoms with Gasteiger partial charge in [-0.3, -0.25) is 4.79 Å². The minimum absolute atomic E-state index is 0.00922. The second-order valence-corrected chi connectivity index (χ2v) is 6.33. The summed E-state index contributed by atoms with van der Waals surface area (Å²) in [6.45, 7) is 3.09. The summed E-state index contributed by atoms with van der Waals surface area (Å²) < 4.78 is 11.4. The highest BCUT2D eigenvalue weighted by molar-refractivity contribution is 6.06. The van der Waals surface area contributed by atoms with Gasteiger partial charge in [0, 0.05) is 5.56 Å². The van der Waals surface area contributed by atoms with E-state index in [4.69, 9.17) is 9.47 Å². The van der Waals surface area contributed by atoms with Crippen LogP contribution in [0.1, 0.15) is 28.4 Å². The lowest BCUT2D eigenvalue weighted by molar-refractivity contribution is 0.104. The molecule has 142 valence electrons. The van der Waals surface area contributed by atoms with E-state index in [0.717, 1.165) is 23.5 Å². The molecule has 0 heterocycles. The van der Waals surface area contributed by atoms with Crippen molar-refractivity contribution >= 4 is 11.9 Å². The fraction of sp³-hybridized carbons (Fsp3) is 0.160. The van der Waals surface area contributed by atoms with Crippen molar-refractivity contribution in [1.29, 1.82) is 0 Å². The highest BCUT2D eigenvalue weighted by Gasteiger charge is 2.00. The van der Waals surface area contributed by atoms with Gasteiger partial charge in [-0.25, -0.2) is 0 Å². The van der Waals surface area contributed by atoms with Gasteiger partial charge in [0.2, 0.25) is 0 Å². The van der Waals surface area contributed by atoms with Crippen LogP contribution in [-0.4, -0.2) is 19.0 Å². The second kappa shape index (κ2) is 10.1. The number of allylic oxidation sites excluding steroid dienone is 1. The molecular formula is C25H24O3. The predicted octanol–water partition coefficient (Wildman–Crippen LogP) is 5.60. The number of benzene rings is 3. The molecular weight excluding hydrogens is 348 g/mol. The summed E-state index contributed by atoms with van der Waals surface area (Å²) in [6, 6.07) is 25.0. The first-order valence-electron chi connectivity index (χ1n) is 9.46. The third-order valence-corrected chi connectivity index (χ3v) is 4.32. The molecule has 0 radical (unpaired) electrons. The van der Waals surface area contributed by atoms with Crippen LogP contribution >= 0.6 is 0 Å². The van der Waals surface area contributed by atoms with Crippen LogP contribution in [-0.2, 0) is 6.42 Å². The minimum atomic E-state index is -0.00922. The molecule has 3 heteroatoms. The number of carbonyl (C=O) groups excluding carboxylic acids is 1. The number of hydrogen-bond acceptors (Lipinski definition) is 3. The molecule has 28 heavy (non-hydrogen) atoms. The Kier molecular flexibility index (Phi) is 7.02. The lowest BCUT2D eigenvalue weighted by atomic mass is 10.1. The van der Waals surface area contributed by atoms with Crippen molar-refractivity contribution in [2.75, 3.05) is 13.2 Å². The molecule has 0 saturated carbocycles. The zero-order valence-corrected chi connectivity index (χ0v) is 16.0. The van der Waals surface area contributed by atoms with Gasteiger partial charge in [-0.05, 0) is 47.9 Å². The summed E-state index contributed by atoms with van der Waals surface area (Å²) in [5, 5.41) is 0. The van der Waals surface area contributed by atoms with E-state index in [2.05, 4.69) is 19.1 Å². The van der Waals surface area contributed by atoms with Crippen LogP contribution in [0.15, 0.2) is 84.9 Å². The van der Waals surface area contributed by atoms with Crippen LogP contribution in [0.25, 0.3) is 6.08 Å². The standard InChI is InChI=1S/C25H24O3/c1-2-20-8-13-23(14-9-20)27-18-19-28-24-15-10-21(11-16-24)12-17-25(26)22-6-4-3-5-7-22/h3-17H,2,18-19H2,1H3/b17-12+. The number of aryl methyl sites for hydroxylation is 1. The number of ketones is 1. The molecule has 0 aliphatic carbocycles. The van der Waals surface area contributed by atoms with E-state index in [0.29, 0.717) is 18.8 Å². The Morgan fingerprint density at radius 2 is 1.36 bits per heavy atom. The summed E-state index contributed by atoms with van der Waals surface area (Å²) in [5.74, 6) is 1.62. The minimum Gasteiger partial charge on any atom is -0.490 e. The van der Waals surface area contributed by atoms with Crippen molar-refractivity contribution in [2.45, 2.75) is 13.3 Å². The lowest BCUT2D eigenvalue weighted by Gasteiger charge is -2.09. The van der Waals surface area contributed by atoms with E-state index >= 15 is 0 Å². The molecule has 3 aromatic carbocycles. The van der Waals surface area contributed by atoms with Crippen LogP contribution in [0.5, 0.6) is 11.5 Å². The Morgan fingerprint density at radius 3 is 1.93 bits per heavy atom. The van der Waals surface area contributed by atoms with Gasteiger partial charge in [0.15, 0.2) is 5.78 Å². The van der Waals surface area contributed by atoms with Crippen molar-refractivity contribution < 1.29 is 14.3 Å². The Bertz CT molecular complexity index is 895. The smallest absolute Gasteiger partial charge is 0.185 e. The molecule has 0 N–H and O–H groups in total. The van der Waals surface area contributed by atoms with Crippen LogP contribution in [0.2, 0.25) is 0 Å². The Hall–Kier alpha value is -3.33. The summed E-state index contributed by atoms with van der Waals surface area (Å²) >= 11 is 0. The number of hydrogen-bond donors (Lipinski definition) is 0. The molecule has 0 saturated heterocycles. The monoisotopic (exact) mass is 372 g/mol. The topological polar surface area (TPSA) is 35.5 Å². The number of carbonyl (C=O) groups is 1. The summed E-state index contributed by atoms with van der Waals surface area (Å²) in [6.07, 6.45) is 4.42. The third kappa shape index (κ3) is 5.85. The zero-order valence-electron chi connectivity index (χ0n) is 16.0. The highest BCUT2D eigenvalue weighted by atomic mass is 16.5. The largest absolute Gasteiger partial charge is 0.490 e. The molecule has 0 aliphatic rings. The fourth-order valence-electron chi connectivity index (χ4n) is 2.69. The highest BCUT2D eigenvalue weighted by Crippen LogP contribution is 2.15. The van der Waals surface area contributed by atoms with E-state index < -0.39 is 0 Å². The number of ether oxygens (including phenoxy) is 2. The maximum absolute atomic E-state index is 12.1. The van der Waals surface area contributed by atoms with Crippen LogP contribution in [0.3, 0.4) is 0 Å². The first kappa shape index (κ1) is 19.4. The summed E-state index contributed by atoms with van der Waals surface area (Å²) in [7, 11) is 0. The first-order valence-corrected chi connectivity index (χ1v) is 9.46. The Labute approximate surface area is 166 Å². The van der Waals surface area contributed by atoms with E-state index in [1.54, 1.807) is 6.08 Å². The van der Waals surface area contributed by atoms with Gasteiger partial charge in [-0.15, -0.1) is 0 Å². The van der Waals surface area contributed by atoms with Gasteiger partial charge < -0.3 is 9.47 Å². The third-order valence-electron chi connectivity index (χ3n) is 4.32. The number of rotatable bonds is 9. The van der Waals surface area contributed by atoms with Gasteiger partial charge >= 0.3 is 0 Å². The van der Waals surface area contributed by atoms with Gasteiger partial charge in [0.05, 0.1) is 0 Å². The predicted molar refractivity (Wildman–Crippen MR) is 113 cm³/mol. The molecule has 3 rings (SSSR count). The molecule has 0 atom stereocenters. The maximum Gasteiger partial charge on any atom is 0.185 e. The second-order valence-electron chi connectivity index (χ2n) is 6.33. The van der Waals surface area contributed by atoms with Crippen molar-refractivity contribution in [3.05, 3.63) is 102 Å². The van der Waals surface area contributed by atoms with E-state index in [1.165, 1.54) is 5.56 Å². The van der Waals surface area contributed by atoms with Crippen molar-refractivity contribution in [1.82, 2.24) is 0 Å². The molecule has 0 amide bonds. The lowest BCUT2D eigenvalue weighted by Crippen LogP contribution is -2.08. The Balaban J connectivity index is 1.43. The van der Waals surface area contributed by atoms with Gasteiger partial charge in [0.1, 0.15) is 24.7 Å². The quantitative estimate of drug-likeness (QED) is 0.278. The molecule has 0 spiro atoms. The van der Waals surface area contributed by atoms with Crippen molar-refractivity contribution in [3.8, 4) is 11.5 Å². The first-order chi connectivity index (χ1) is 13.7. The van der Waals surface area contributed by atoms with Gasteiger partial charge in [0.25, 0.3) is 0 Å². The molecule has 0 aromatic heterocycles. The SMILES string of the molecule is CCc1ccc(OCCOc2ccc(/C=C/C(=O)c3ccccc3)cc2)cc1. The molecule has 0 bridgehead atoms. The maximum atomic E-state index is 12.1. The van der Waals surface area contributed by atoms with E-state index in [9.17, 15) is 4.79 Å². The normalized spacial score (nSPS) is 10.8. The summed E-state index contributed by atoms with van der Waals surface area (Å²) in [4.78, 5) is 12.1. The average Bonchev–Trinajstić information content (AvgIpc) is 2.77. The molecule has 3 nitrogen and oxygen atoms in total. The van der Waals surface area contributed by atoms with Gasteiger partial charge in [-0.1, -0.05) is 67.6 Å². The molecule has 0 fully saturated rings. The van der Waals surface area contributed by atoms with E-state index in [1.807, 2.05) is 72.8 Å². The Morgan fingerprint density at radius 1 is 0.786 bits per heavy atom. The van der Waals surface area contributed by atoms with Gasteiger partial charge in [-0.2, -0.15) is 0 Å².